The molecule has 1 saturated carbocycles. The van der Waals surface area contributed by atoms with E-state index in [2.05, 4.69) is 32.9 Å². The number of rotatable bonds is 5. The molecule has 1 aromatic heterocycles. The lowest BCUT2D eigenvalue weighted by Gasteiger charge is -2.07. The Morgan fingerprint density at radius 3 is 3.07 bits per heavy atom. The molecular weight excluding hydrogens is 242 g/mol. The summed E-state index contributed by atoms with van der Waals surface area (Å²) in [4.78, 5) is 4.95. The fourth-order valence-corrected chi connectivity index (χ4v) is 2.46. The number of hydrogen-bond acceptors (Lipinski definition) is 2. The highest BCUT2D eigenvalue weighted by atomic mass is 79.9. The van der Waals surface area contributed by atoms with Crippen LogP contribution in [0.3, 0.4) is 0 Å². The van der Waals surface area contributed by atoms with Gasteiger partial charge in [-0.2, -0.15) is 5.10 Å². The maximum Gasteiger partial charge on any atom is 0.138 e. The Morgan fingerprint density at radius 1 is 1.64 bits per heavy atom. The summed E-state index contributed by atoms with van der Waals surface area (Å²) in [5.41, 5.74) is 0. The van der Waals surface area contributed by atoms with Gasteiger partial charge in [0.15, 0.2) is 0 Å². The summed E-state index contributed by atoms with van der Waals surface area (Å²) in [7, 11) is 0. The van der Waals surface area contributed by atoms with Gasteiger partial charge in [0.25, 0.3) is 0 Å². The summed E-state index contributed by atoms with van der Waals surface area (Å²) < 4.78 is 1.98. The van der Waals surface area contributed by atoms with Crippen molar-refractivity contribution in [1.29, 1.82) is 0 Å². The lowest BCUT2D eigenvalue weighted by atomic mass is 10.1. The van der Waals surface area contributed by atoms with E-state index < -0.39 is 0 Å². The average molecular weight is 258 g/mol. The molecule has 0 spiro atoms. The molecule has 78 valence electrons. The zero-order valence-electron chi connectivity index (χ0n) is 8.49. The molecule has 1 fully saturated rings. The zero-order chi connectivity index (χ0) is 9.97. The van der Waals surface area contributed by atoms with Crippen LogP contribution in [0.5, 0.6) is 0 Å². The van der Waals surface area contributed by atoms with Gasteiger partial charge in [-0.25, -0.2) is 4.98 Å². The van der Waals surface area contributed by atoms with E-state index in [1.807, 2.05) is 4.68 Å². The van der Waals surface area contributed by atoms with Crippen molar-refractivity contribution in [2.75, 3.05) is 0 Å². The van der Waals surface area contributed by atoms with E-state index in [1.165, 1.54) is 19.3 Å². The minimum Gasteiger partial charge on any atom is -0.250 e. The molecule has 0 bridgehead atoms. The Hall–Kier alpha value is -0.380. The summed E-state index contributed by atoms with van der Waals surface area (Å²) in [6, 6.07) is 0. The third kappa shape index (κ3) is 2.35. The Labute approximate surface area is 93.0 Å². The van der Waals surface area contributed by atoms with Crippen LogP contribution in [0.15, 0.2) is 6.33 Å². The van der Waals surface area contributed by atoms with E-state index in [4.69, 9.17) is 0 Å². The SMILES string of the molecule is CCn1ncnc1CCC(Br)C1CC1. The van der Waals surface area contributed by atoms with Crippen molar-refractivity contribution in [2.24, 2.45) is 5.92 Å². The van der Waals surface area contributed by atoms with E-state index in [-0.39, 0.29) is 0 Å². The molecule has 0 amide bonds. The Morgan fingerprint density at radius 2 is 2.43 bits per heavy atom. The average Bonchev–Trinajstić information content (AvgIpc) is 2.94. The first-order valence-corrected chi connectivity index (χ1v) is 6.23. The van der Waals surface area contributed by atoms with Crippen LogP contribution in [0.25, 0.3) is 0 Å². The normalized spacial score (nSPS) is 18.4. The van der Waals surface area contributed by atoms with Crippen LogP contribution in [-0.2, 0) is 13.0 Å². The quantitative estimate of drug-likeness (QED) is 0.759. The smallest absolute Gasteiger partial charge is 0.138 e. The molecule has 0 saturated heterocycles. The molecule has 1 unspecified atom stereocenters. The summed E-state index contributed by atoms with van der Waals surface area (Å²) in [6.45, 7) is 3.02. The predicted octanol–water partition coefficient (Wildman–Crippen LogP) is 2.40. The van der Waals surface area contributed by atoms with Crippen molar-refractivity contribution in [1.82, 2.24) is 14.8 Å². The molecular formula is C10H16BrN3. The first-order chi connectivity index (χ1) is 6.81. The lowest BCUT2D eigenvalue weighted by Crippen LogP contribution is -2.08. The summed E-state index contributed by atoms with van der Waals surface area (Å²) >= 11 is 3.74. The van der Waals surface area contributed by atoms with Crippen molar-refractivity contribution in [3.63, 3.8) is 0 Å². The molecule has 1 aliphatic carbocycles. The molecule has 0 aliphatic heterocycles. The lowest BCUT2D eigenvalue weighted by molar-refractivity contribution is 0.589. The molecule has 0 aromatic carbocycles. The maximum absolute atomic E-state index is 4.27. The molecule has 1 aromatic rings. The monoisotopic (exact) mass is 257 g/mol. The predicted molar refractivity (Wildman–Crippen MR) is 59.5 cm³/mol. The Kier molecular flexibility index (Phi) is 3.21. The van der Waals surface area contributed by atoms with Crippen molar-refractivity contribution in [3.8, 4) is 0 Å². The summed E-state index contributed by atoms with van der Waals surface area (Å²) in [5, 5.41) is 4.16. The highest BCUT2D eigenvalue weighted by molar-refractivity contribution is 9.09. The molecule has 3 nitrogen and oxygen atoms in total. The third-order valence-electron chi connectivity index (χ3n) is 2.77. The van der Waals surface area contributed by atoms with Gasteiger partial charge in [-0.15, -0.1) is 0 Å². The van der Waals surface area contributed by atoms with E-state index in [1.54, 1.807) is 6.33 Å². The van der Waals surface area contributed by atoms with Crippen molar-refractivity contribution < 1.29 is 0 Å². The number of aromatic nitrogens is 3. The van der Waals surface area contributed by atoms with Crippen LogP contribution in [-0.4, -0.2) is 19.6 Å². The third-order valence-corrected chi connectivity index (χ3v) is 3.98. The molecule has 0 radical (unpaired) electrons. The first-order valence-electron chi connectivity index (χ1n) is 5.32. The molecule has 0 N–H and O–H groups in total. The van der Waals surface area contributed by atoms with Crippen LogP contribution < -0.4 is 0 Å². The fourth-order valence-electron chi connectivity index (χ4n) is 1.71. The molecule has 4 heteroatoms. The molecule has 1 heterocycles. The fraction of sp³-hybridized carbons (Fsp3) is 0.800. The van der Waals surface area contributed by atoms with Gasteiger partial charge in [0.05, 0.1) is 0 Å². The summed E-state index contributed by atoms with van der Waals surface area (Å²) in [6.07, 6.45) is 6.68. The minimum absolute atomic E-state index is 0.685. The highest BCUT2D eigenvalue weighted by Crippen LogP contribution is 2.38. The molecule has 2 rings (SSSR count). The number of nitrogens with zero attached hydrogens (tertiary/aromatic N) is 3. The van der Waals surface area contributed by atoms with Gasteiger partial charge in [-0.1, -0.05) is 15.9 Å². The number of aryl methyl sites for hydroxylation is 2. The van der Waals surface area contributed by atoms with Crippen LogP contribution in [0, 0.1) is 5.92 Å². The van der Waals surface area contributed by atoms with E-state index in [0.29, 0.717) is 4.83 Å². The highest BCUT2D eigenvalue weighted by Gasteiger charge is 2.29. The zero-order valence-corrected chi connectivity index (χ0v) is 10.1. The van der Waals surface area contributed by atoms with Crippen molar-refractivity contribution >= 4 is 15.9 Å². The Balaban J connectivity index is 1.84. The van der Waals surface area contributed by atoms with Crippen molar-refractivity contribution in [2.45, 2.75) is 44.0 Å². The second kappa shape index (κ2) is 4.43. The van der Waals surface area contributed by atoms with Crippen LogP contribution >= 0.6 is 15.9 Å². The van der Waals surface area contributed by atoms with Crippen LogP contribution in [0.1, 0.15) is 32.0 Å². The van der Waals surface area contributed by atoms with Gasteiger partial charge in [0.2, 0.25) is 0 Å². The van der Waals surface area contributed by atoms with Gasteiger partial charge >= 0.3 is 0 Å². The topological polar surface area (TPSA) is 30.7 Å². The number of hydrogen-bond donors (Lipinski definition) is 0. The van der Waals surface area contributed by atoms with E-state index in [9.17, 15) is 0 Å². The van der Waals surface area contributed by atoms with Gasteiger partial charge in [0, 0.05) is 17.8 Å². The van der Waals surface area contributed by atoms with Gasteiger partial charge in [-0.05, 0) is 32.1 Å². The standard InChI is InChI=1S/C10H16BrN3/c1-2-14-10(12-7-13-14)6-5-9(11)8-3-4-8/h7-9H,2-6H2,1H3. The second-order valence-corrected chi connectivity index (χ2v) is 5.06. The van der Waals surface area contributed by atoms with Gasteiger partial charge < -0.3 is 0 Å². The minimum atomic E-state index is 0.685. The van der Waals surface area contributed by atoms with Crippen LogP contribution in [0.2, 0.25) is 0 Å². The molecule has 1 atom stereocenters. The number of halogens is 1. The summed E-state index contributed by atoms with van der Waals surface area (Å²) in [5.74, 6) is 2.05. The van der Waals surface area contributed by atoms with Crippen LogP contribution in [0.4, 0.5) is 0 Å². The van der Waals surface area contributed by atoms with Gasteiger partial charge in [0.1, 0.15) is 12.2 Å². The second-order valence-electron chi connectivity index (χ2n) is 3.88. The maximum atomic E-state index is 4.27. The number of alkyl halides is 1. The largest absolute Gasteiger partial charge is 0.250 e. The van der Waals surface area contributed by atoms with Crippen molar-refractivity contribution in [3.05, 3.63) is 12.2 Å². The van der Waals surface area contributed by atoms with E-state index >= 15 is 0 Å². The molecule has 14 heavy (non-hydrogen) atoms. The van der Waals surface area contributed by atoms with E-state index in [0.717, 1.165) is 24.7 Å². The first kappa shape index (κ1) is 10.1. The van der Waals surface area contributed by atoms with Gasteiger partial charge in [-0.3, -0.25) is 4.68 Å². The Bertz CT molecular complexity index is 293. The molecule has 1 aliphatic rings.